The molecule has 0 saturated heterocycles. The lowest BCUT2D eigenvalue weighted by Gasteiger charge is -2.10. The van der Waals surface area contributed by atoms with Crippen LogP contribution in [0, 0.1) is 17.0 Å². The Hall–Kier alpha value is -3.48. The molecule has 0 aliphatic rings. The molecule has 0 atom stereocenters. The van der Waals surface area contributed by atoms with E-state index in [1.807, 2.05) is 0 Å². The summed E-state index contributed by atoms with van der Waals surface area (Å²) in [6.45, 7) is 1.56. The van der Waals surface area contributed by atoms with Gasteiger partial charge in [-0.15, -0.1) is 0 Å². The molecule has 7 heteroatoms. The van der Waals surface area contributed by atoms with Gasteiger partial charge in [-0.3, -0.25) is 19.7 Å². The highest BCUT2D eigenvalue weighted by atomic mass is 16.6. The van der Waals surface area contributed by atoms with Crippen LogP contribution in [-0.4, -0.2) is 15.8 Å². The molecule has 0 spiro atoms. The van der Waals surface area contributed by atoms with E-state index in [1.165, 1.54) is 18.2 Å². The number of fused-ring (bicyclic) bond motifs is 1. The number of anilines is 1. The number of carbonyl (C=O) groups is 1. The third-order valence-corrected chi connectivity index (χ3v) is 3.75. The Bertz CT molecular complexity index is 1020. The number of aromatic amines is 1. The summed E-state index contributed by atoms with van der Waals surface area (Å²) in [6.07, 6.45) is 0. The number of hydrogen-bond acceptors (Lipinski definition) is 4. The maximum absolute atomic E-state index is 12.6. The number of H-pyrrole nitrogens is 1. The smallest absolute Gasteiger partial charge is 0.274 e. The molecule has 3 rings (SSSR count). The molecule has 3 aromatic rings. The Balaban J connectivity index is 2.04. The zero-order chi connectivity index (χ0) is 17.3. The third kappa shape index (κ3) is 2.74. The predicted octanol–water partition coefficient (Wildman–Crippen LogP) is 3.00. The van der Waals surface area contributed by atoms with Crippen molar-refractivity contribution in [3.8, 4) is 0 Å². The van der Waals surface area contributed by atoms with E-state index < -0.39 is 16.4 Å². The minimum atomic E-state index is -0.506. The van der Waals surface area contributed by atoms with E-state index in [-0.39, 0.29) is 11.3 Å². The number of amides is 1. The second-order valence-corrected chi connectivity index (χ2v) is 5.25. The van der Waals surface area contributed by atoms with E-state index in [1.54, 1.807) is 37.3 Å². The number of nitrogens with one attached hydrogen (secondary N) is 2. The average molecular weight is 323 g/mol. The van der Waals surface area contributed by atoms with Crippen LogP contribution in [0.25, 0.3) is 10.9 Å². The molecule has 0 fully saturated rings. The summed E-state index contributed by atoms with van der Waals surface area (Å²) in [6, 6.07) is 12.6. The topological polar surface area (TPSA) is 105 Å². The number of nitrogens with zero attached hydrogens (tertiary/aromatic N) is 1. The van der Waals surface area contributed by atoms with Gasteiger partial charge in [-0.2, -0.15) is 0 Å². The fourth-order valence-electron chi connectivity index (χ4n) is 2.54. The first-order valence-electron chi connectivity index (χ1n) is 7.15. The molecule has 2 aromatic carbocycles. The molecule has 0 saturated carbocycles. The highest BCUT2D eigenvalue weighted by molar-refractivity contribution is 6.12. The molecule has 24 heavy (non-hydrogen) atoms. The lowest BCUT2D eigenvalue weighted by molar-refractivity contribution is -0.385. The van der Waals surface area contributed by atoms with Crippen molar-refractivity contribution < 1.29 is 9.72 Å². The van der Waals surface area contributed by atoms with Crippen LogP contribution in [0.3, 0.4) is 0 Å². The van der Waals surface area contributed by atoms with Crippen molar-refractivity contribution in [1.82, 2.24) is 4.98 Å². The summed E-state index contributed by atoms with van der Waals surface area (Å²) >= 11 is 0. The van der Waals surface area contributed by atoms with Gasteiger partial charge in [0.2, 0.25) is 5.56 Å². The van der Waals surface area contributed by atoms with Gasteiger partial charge in [0.1, 0.15) is 0 Å². The minimum absolute atomic E-state index is 0.0800. The number of carbonyl (C=O) groups excluding carboxylic acids is 1. The Kier molecular flexibility index (Phi) is 3.83. The SMILES string of the molecule is Cc1c(NC(=O)c2cc(=O)[nH]c3ccccc23)cccc1[N+](=O)[O-]. The Labute approximate surface area is 136 Å². The number of nitro groups is 1. The van der Waals surface area contributed by atoms with Gasteiger partial charge in [0.05, 0.1) is 21.7 Å². The average Bonchev–Trinajstić information content (AvgIpc) is 2.55. The highest BCUT2D eigenvalue weighted by Crippen LogP contribution is 2.26. The molecule has 120 valence electrons. The van der Waals surface area contributed by atoms with Crippen molar-refractivity contribution in [3.05, 3.63) is 80.1 Å². The monoisotopic (exact) mass is 323 g/mol. The Morgan fingerprint density at radius 2 is 1.92 bits per heavy atom. The molecule has 2 N–H and O–H groups in total. The Morgan fingerprint density at radius 1 is 1.17 bits per heavy atom. The highest BCUT2D eigenvalue weighted by Gasteiger charge is 2.17. The number of pyridine rings is 1. The predicted molar refractivity (Wildman–Crippen MR) is 90.4 cm³/mol. The van der Waals surface area contributed by atoms with Gasteiger partial charge < -0.3 is 10.3 Å². The van der Waals surface area contributed by atoms with E-state index in [2.05, 4.69) is 10.3 Å². The van der Waals surface area contributed by atoms with Crippen molar-refractivity contribution >= 4 is 28.2 Å². The number of benzene rings is 2. The zero-order valence-corrected chi connectivity index (χ0v) is 12.7. The van der Waals surface area contributed by atoms with Crippen LogP contribution < -0.4 is 10.9 Å². The van der Waals surface area contributed by atoms with E-state index in [9.17, 15) is 19.7 Å². The minimum Gasteiger partial charge on any atom is -0.322 e. The first kappa shape index (κ1) is 15.4. The lowest BCUT2D eigenvalue weighted by atomic mass is 10.1. The fraction of sp³-hybridized carbons (Fsp3) is 0.0588. The quantitative estimate of drug-likeness (QED) is 0.571. The second kappa shape index (κ2) is 5.96. The summed E-state index contributed by atoms with van der Waals surface area (Å²) in [7, 11) is 0. The third-order valence-electron chi connectivity index (χ3n) is 3.75. The van der Waals surface area contributed by atoms with Crippen LogP contribution in [0.15, 0.2) is 53.3 Å². The van der Waals surface area contributed by atoms with Gasteiger partial charge in [-0.25, -0.2) is 0 Å². The van der Waals surface area contributed by atoms with Crippen molar-refractivity contribution in [2.24, 2.45) is 0 Å². The molecular formula is C17H13N3O4. The van der Waals surface area contributed by atoms with Crippen molar-refractivity contribution in [2.75, 3.05) is 5.32 Å². The van der Waals surface area contributed by atoms with Crippen LogP contribution in [0.2, 0.25) is 0 Å². The van der Waals surface area contributed by atoms with Crippen molar-refractivity contribution in [2.45, 2.75) is 6.92 Å². The van der Waals surface area contributed by atoms with Gasteiger partial charge in [0, 0.05) is 23.0 Å². The Morgan fingerprint density at radius 3 is 2.67 bits per heavy atom. The van der Waals surface area contributed by atoms with Crippen molar-refractivity contribution in [1.29, 1.82) is 0 Å². The van der Waals surface area contributed by atoms with E-state index >= 15 is 0 Å². The van der Waals surface area contributed by atoms with Gasteiger partial charge in [0.15, 0.2) is 0 Å². The molecule has 0 unspecified atom stereocenters. The van der Waals surface area contributed by atoms with Crippen LogP contribution in [0.4, 0.5) is 11.4 Å². The number of para-hydroxylation sites is 1. The molecule has 1 amide bonds. The van der Waals surface area contributed by atoms with Crippen LogP contribution >= 0.6 is 0 Å². The summed E-state index contributed by atoms with van der Waals surface area (Å²) in [4.78, 5) is 37.5. The number of rotatable bonds is 3. The van der Waals surface area contributed by atoms with Gasteiger partial charge in [-0.05, 0) is 19.1 Å². The summed E-state index contributed by atoms with van der Waals surface area (Å²) in [5, 5.41) is 14.2. The second-order valence-electron chi connectivity index (χ2n) is 5.25. The summed E-state index contributed by atoms with van der Waals surface area (Å²) in [5.74, 6) is -0.499. The number of hydrogen-bond donors (Lipinski definition) is 2. The van der Waals surface area contributed by atoms with Gasteiger partial charge in [-0.1, -0.05) is 24.3 Å². The fourth-order valence-corrected chi connectivity index (χ4v) is 2.54. The molecule has 0 radical (unpaired) electrons. The van der Waals surface area contributed by atoms with Crippen LogP contribution in [0.1, 0.15) is 15.9 Å². The van der Waals surface area contributed by atoms with E-state index in [0.717, 1.165) is 0 Å². The van der Waals surface area contributed by atoms with Crippen LogP contribution in [0.5, 0.6) is 0 Å². The maximum atomic E-state index is 12.6. The first-order chi connectivity index (χ1) is 11.5. The molecular weight excluding hydrogens is 310 g/mol. The largest absolute Gasteiger partial charge is 0.322 e. The van der Waals surface area contributed by atoms with E-state index in [0.29, 0.717) is 22.2 Å². The standard InChI is InChI=1S/C17H13N3O4/c1-10-13(7-4-8-15(10)20(23)24)19-17(22)12-9-16(21)18-14-6-3-2-5-11(12)14/h2-9H,1H3,(H,18,21)(H,19,22). The molecule has 1 heterocycles. The molecule has 0 aliphatic heterocycles. The maximum Gasteiger partial charge on any atom is 0.274 e. The normalized spacial score (nSPS) is 10.5. The summed E-state index contributed by atoms with van der Waals surface area (Å²) in [5.41, 5.74) is 0.966. The molecule has 1 aromatic heterocycles. The van der Waals surface area contributed by atoms with Gasteiger partial charge >= 0.3 is 0 Å². The lowest BCUT2D eigenvalue weighted by Crippen LogP contribution is -2.17. The molecule has 7 nitrogen and oxygen atoms in total. The molecule has 0 bridgehead atoms. The molecule has 0 aliphatic carbocycles. The van der Waals surface area contributed by atoms with Gasteiger partial charge in [0.25, 0.3) is 11.6 Å². The first-order valence-corrected chi connectivity index (χ1v) is 7.15. The number of aromatic nitrogens is 1. The van der Waals surface area contributed by atoms with Crippen LogP contribution in [-0.2, 0) is 0 Å². The van der Waals surface area contributed by atoms with E-state index in [4.69, 9.17) is 0 Å². The summed E-state index contributed by atoms with van der Waals surface area (Å²) < 4.78 is 0. The van der Waals surface area contributed by atoms with Crippen molar-refractivity contribution in [3.63, 3.8) is 0 Å². The zero-order valence-electron chi connectivity index (χ0n) is 12.7. The number of nitro benzene ring substituents is 1.